The number of benzene rings is 1. The van der Waals surface area contributed by atoms with Gasteiger partial charge in [0.25, 0.3) is 5.91 Å². The second-order valence-electron chi connectivity index (χ2n) is 5.59. The SMILES string of the molecule is O=C(NCCO)c1ccc(COC2CC/C=C/CCC2)cc1. The van der Waals surface area contributed by atoms with E-state index in [1.165, 1.54) is 6.42 Å². The zero-order chi connectivity index (χ0) is 15.6. The van der Waals surface area contributed by atoms with Crippen LogP contribution in [0.3, 0.4) is 0 Å². The number of allylic oxidation sites excluding steroid dienone is 2. The highest BCUT2D eigenvalue weighted by Gasteiger charge is 2.10. The highest BCUT2D eigenvalue weighted by molar-refractivity contribution is 5.94. The van der Waals surface area contributed by atoms with E-state index >= 15 is 0 Å². The average Bonchev–Trinajstić information content (AvgIpc) is 2.52. The molecule has 0 saturated heterocycles. The number of carbonyl (C=O) groups is 1. The lowest BCUT2D eigenvalue weighted by Crippen LogP contribution is -2.26. The van der Waals surface area contributed by atoms with Crippen molar-refractivity contribution >= 4 is 5.91 Å². The monoisotopic (exact) mass is 303 g/mol. The molecule has 2 rings (SSSR count). The molecule has 120 valence electrons. The lowest BCUT2D eigenvalue weighted by molar-refractivity contribution is 0.0283. The minimum Gasteiger partial charge on any atom is -0.395 e. The number of nitrogens with one attached hydrogen (secondary N) is 1. The molecule has 0 bridgehead atoms. The van der Waals surface area contributed by atoms with Crippen LogP contribution in [0.1, 0.15) is 48.0 Å². The van der Waals surface area contributed by atoms with Crippen molar-refractivity contribution in [2.45, 2.75) is 44.8 Å². The predicted molar refractivity (Wildman–Crippen MR) is 86.7 cm³/mol. The van der Waals surface area contributed by atoms with Crippen LogP contribution in [0.4, 0.5) is 0 Å². The Morgan fingerprint density at radius 2 is 1.95 bits per heavy atom. The summed E-state index contributed by atoms with van der Waals surface area (Å²) in [6.45, 7) is 0.820. The van der Waals surface area contributed by atoms with E-state index in [0.717, 1.165) is 31.2 Å². The number of hydrogen-bond donors (Lipinski definition) is 2. The molecule has 0 saturated carbocycles. The summed E-state index contributed by atoms with van der Waals surface area (Å²) in [5.74, 6) is -0.159. The topological polar surface area (TPSA) is 58.6 Å². The van der Waals surface area contributed by atoms with Crippen LogP contribution >= 0.6 is 0 Å². The van der Waals surface area contributed by atoms with Gasteiger partial charge in [0.05, 0.1) is 19.3 Å². The molecule has 0 radical (unpaired) electrons. The van der Waals surface area contributed by atoms with Gasteiger partial charge in [0.2, 0.25) is 0 Å². The Hall–Kier alpha value is -1.65. The Morgan fingerprint density at radius 1 is 1.18 bits per heavy atom. The molecule has 0 aliphatic heterocycles. The molecule has 0 aromatic heterocycles. The second kappa shape index (κ2) is 9.38. The van der Waals surface area contributed by atoms with Crippen LogP contribution in [0.15, 0.2) is 36.4 Å². The van der Waals surface area contributed by atoms with Gasteiger partial charge in [0.1, 0.15) is 0 Å². The highest BCUT2D eigenvalue weighted by Crippen LogP contribution is 2.17. The van der Waals surface area contributed by atoms with E-state index in [1.807, 2.05) is 12.1 Å². The normalized spacial score (nSPS) is 20.0. The Kier molecular flexibility index (Phi) is 7.13. The number of hydrogen-bond acceptors (Lipinski definition) is 3. The van der Waals surface area contributed by atoms with Crippen LogP contribution in [-0.4, -0.2) is 30.3 Å². The third-order valence-electron chi connectivity index (χ3n) is 3.82. The van der Waals surface area contributed by atoms with Crippen molar-refractivity contribution in [1.82, 2.24) is 5.32 Å². The van der Waals surface area contributed by atoms with Crippen molar-refractivity contribution in [3.8, 4) is 0 Å². The number of aliphatic hydroxyl groups excluding tert-OH is 1. The molecule has 0 heterocycles. The van der Waals surface area contributed by atoms with Gasteiger partial charge in [0.15, 0.2) is 0 Å². The van der Waals surface area contributed by atoms with E-state index in [9.17, 15) is 4.79 Å². The first-order chi connectivity index (χ1) is 10.8. The number of aliphatic hydroxyl groups is 1. The summed E-state index contributed by atoms with van der Waals surface area (Å²) >= 11 is 0. The molecule has 1 aromatic rings. The fourth-order valence-electron chi connectivity index (χ4n) is 2.53. The van der Waals surface area contributed by atoms with Crippen molar-refractivity contribution in [1.29, 1.82) is 0 Å². The molecule has 2 N–H and O–H groups in total. The summed E-state index contributed by atoms with van der Waals surface area (Å²) in [7, 11) is 0. The minimum atomic E-state index is -0.159. The van der Waals surface area contributed by atoms with Gasteiger partial charge < -0.3 is 15.2 Å². The average molecular weight is 303 g/mol. The summed E-state index contributed by atoms with van der Waals surface area (Å²) in [4.78, 5) is 11.7. The van der Waals surface area contributed by atoms with E-state index < -0.39 is 0 Å². The molecule has 1 aliphatic rings. The molecular weight excluding hydrogens is 278 g/mol. The van der Waals surface area contributed by atoms with Crippen molar-refractivity contribution in [3.63, 3.8) is 0 Å². The molecule has 0 fully saturated rings. The molecule has 1 unspecified atom stereocenters. The first-order valence-electron chi connectivity index (χ1n) is 8.04. The van der Waals surface area contributed by atoms with Crippen LogP contribution < -0.4 is 5.32 Å². The smallest absolute Gasteiger partial charge is 0.251 e. The lowest BCUT2D eigenvalue weighted by Gasteiger charge is -2.18. The van der Waals surface area contributed by atoms with E-state index in [-0.39, 0.29) is 19.1 Å². The maximum Gasteiger partial charge on any atom is 0.251 e. The van der Waals surface area contributed by atoms with Crippen LogP contribution in [0.2, 0.25) is 0 Å². The molecule has 4 nitrogen and oxygen atoms in total. The summed E-state index contributed by atoms with van der Waals surface area (Å²) in [6.07, 6.45) is 10.5. The van der Waals surface area contributed by atoms with Crippen molar-refractivity contribution in [2.75, 3.05) is 13.2 Å². The Morgan fingerprint density at radius 3 is 2.73 bits per heavy atom. The predicted octanol–water partition coefficient (Wildman–Crippen LogP) is 2.81. The number of rotatable bonds is 6. The Balaban J connectivity index is 1.80. The van der Waals surface area contributed by atoms with E-state index in [0.29, 0.717) is 18.3 Å². The standard InChI is InChI=1S/C18H25NO3/c20-13-12-19-18(21)16-10-8-15(9-11-16)14-22-17-6-4-2-1-3-5-7-17/h1-2,8-11,17,20H,3-7,12-14H2,(H,19,21)/b2-1+. The molecule has 1 aromatic carbocycles. The van der Waals surface area contributed by atoms with Gasteiger partial charge in [-0.2, -0.15) is 0 Å². The fraction of sp³-hybridized carbons (Fsp3) is 0.500. The van der Waals surface area contributed by atoms with Crippen molar-refractivity contribution in [3.05, 3.63) is 47.5 Å². The second-order valence-corrected chi connectivity index (χ2v) is 5.59. The molecule has 4 heteroatoms. The van der Waals surface area contributed by atoms with Gasteiger partial charge in [-0.15, -0.1) is 0 Å². The maximum absolute atomic E-state index is 11.7. The molecule has 1 atom stereocenters. The largest absolute Gasteiger partial charge is 0.395 e. The summed E-state index contributed by atoms with van der Waals surface area (Å²) in [6, 6.07) is 7.45. The van der Waals surface area contributed by atoms with Gasteiger partial charge in [0, 0.05) is 12.1 Å². The van der Waals surface area contributed by atoms with Gasteiger partial charge in [-0.1, -0.05) is 24.3 Å². The van der Waals surface area contributed by atoms with Gasteiger partial charge in [-0.3, -0.25) is 4.79 Å². The minimum absolute atomic E-state index is 0.0474. The van der Waals surface area contributed by atoms with Crippen molar-refractivity contribution < 1.29 is 14.6 Å². The van der Waals surface area contributed by atoms with Crippen molar-refractivity contribution in [2.24, 2.45) is 0 Å². The van der Waals surface area contributed by atoms with E-state index in [2.05, 4.69) is 17.5 Å². The lowest BCUT2D eigenvalue weighted by atomic mass is 10.0. The first-order valence-corrected chi connectivity index (χ1v) is 8.04. The summed E-state index contributed by atoms with van der Waals surface area (Å²) in [5, 5.41) is 11.3. The maximum atomic E-state index is 11.7. The quantitative estimate of drug-likeness (QED) is 0.795. The third kappa shape index (κ3) is 5.62. The third-order valence-corrected chi connectivity index (χ3v) is 3.82. The van der Waals surface area contributed by atoms with Crippen LogP contribution in [0.5, 0.6) is 0 Å². The zero-order valence-corrected chi connectivity index (χ0v) is 13.0. The number of amides is 1. The highest BCUT2D eigenvalue weighted by atomic mass is 16.5. The van der Waals surface area contributed by atoms with Crippen LogP contribution in [0, 0.1) is 0 Å². The first kappa shape index (κ1) is 16.7. The van der Waals surface area contributed by atoms with E-state index in [1.54, 1.807) is 12.1 Å². The molecule has 1 amide bonds. The van der Waals surface area contributed by atoms with Gasteiger partial charge in [-0.25, -0.2) is 0 Å². The Bertz CT molecular complexity index is 482. The molecule has 22 heavy (non-hydrogen) atoms. The fourth-order valence-corrected chi connectivity index (χ4v) is 2.53. The number of ether oxygens (including phenoxy) is 1. The molecular formula is C18H25NO3. The zero-order valence-electron chi connectivity index (χ0n) is 13.0. The molecule has 0 spiro atoms. The number of carbonyl (C=O) groups excluding carboxylic acids is 1. The molecule has 1 aliphatic carbocycles. The van der Waals surface area contributed by atoms with Gasteiger partial charge >= 0.3 is 0 Å². The Labute approximate surface area is 132 Å². The van der Waals surface area contributed by atoms with Gasteiger partial charge in [-0.05, 0) is 49.8 Å². The summed E-state index contributed by atoms with van der Waals surface area (Å²) in [5.41, 5.74) is 1.68. The van der Waals surface area contributed by atoms with E-state index in [4.69, 9.17) is 9.84 Å². The summed E-state index contributed by atoms with van der Waals surface area (Å²) < 4.78 is 6.00. The van der Waals surface area contributed by atoms with Crippen LogP contribution in [-0.2, 0) is 11.3 Å². The van der Waals surface area contributed by atoms with Crippen LogP contribution in [0.25, 0.3) is 0 Å².